The Hall–Kier alpha value is -2.73. The first-order valence-corrected chi connectivity index (χ1v) is 6.26. The number of nitrogens with zero attached hydrogens (tertiary/aromatic N) is 1. The Bertz CT molecular complexity index is 669. The van der Waals surface area contributed by atoms with E-state index in [0.29, 0.717) is 11.3 Å². The number of terminal acetylenes is 1. The summed E-state index contributed by atoms with van der Waals surface area (Å²) in [5.74, 6) is 2.40. The van der Waals surface area contributed by atoms with Crippen molar-refractivity contribution < 1.29 is 4.79 Å². The summed E-state index contributed by atoms with van der Waals surface area (Å²) in [4.78, 5) is 14.3. The Kier molecular flexibility index (Phi) is 4.07. The number of rotatable bonds is 3. The van der Waals surface area contributed by atoms with Crippen molar-refractivity contribution in [1.29, 1.82) is 0 Å². The van der Waals surface area contributed by atoms with Gasteiger partial charge in [0.1, 0.15) is 0 Å². The van der Waals surface area contributed by atoms with E-state index in [1.807, 2.05) is 55.4 Å². The normalized spacial score (nSPS) is 9.65. The van der Waals surface area contributed by atoms with Crippen LogP contribution in [0.25, 0.3) is 0 Å². The second-order valence-corrected chi connectivity index (χ2v) is 4.59. The lowest BCUT2D eigenvalue weighted by atomic mass is 10.1. The van der Waals surface area contributed by atoms with Crippen molar-refractivity contribution >= 4 is 17.3 Å². The molecule has 0 spiro atoms. The minimum absolute atomic E-state index is 0.150. The van der Waals surface area contributed by atoms with E-state index in [2.05, 4.69) is 11.2 Å². The van der Waals surface area contributed by atoms with Gasteiger partial charge in [-0.05, 0) is 30.3 Å². The Morgan fingerprint density at radius 3 is 2.60 bits per heavy atom. The molecule has 2 rings (SSSR count). The lowest BCUT2D eigenvalue weighted by Crippen LogP contribution is -2.18. The topological polar surface area (TPSA) is 32.3 Å². The average molecular weight is 264 g/mol. The standard InChI is InChI=1S/C17H16N2O/c1-4-13-8-7-9-14(12-13)18-17(20)15-10-5-6-11-16(15)19(2)3/h1,5-12H,2-3H3,(H,18,20). The highest BCUT2D eigenvalue weighted by Crippen LogP contribution is 2.20. The summed E-state index contributed by atoms with van der Waals surface area (Å²) >= 11 is 0. The van der Waals surface area contributed by atoms with E-state index in [9.17, 15) is 4.79 Å². The van der Waals surface area contributed by atoms with Gasteiger partial charge in [-0.1, -0.05) is 24.1 Å². The van der Waals surface area contributed by atoms with Crippen molar-refractivity contribution in [2.24, 2.45) is 0 Å². The maximum atomic E-state index is 12.3. The molecular weight excluding hydrogens is 248 g/mol. The highest BCUT2D eigenvalue weighted by Gasteiger charge is 2.12. The summed E-state index contributed by atoms with van der Waals surface area (Å²) < 4.78 is 0. The van der Waals surface area contributed by atoms with Gasteiger partial charge in [0.2, 0.25) is 0 Å². The smallest absolute Gasteiger partial charge is 0.257 e. The summed E-state index contributed by atoms with van der Waals surface area (Å²) in [6.45, 7) is 0. The van der Waals surface area contributed by atoms with Crippen LogP contribution in [0.1, 0.15) is 15.9 Å². The minimum atomic E-state index is -0.150. The molecule has 3 heteroatoms. The molecule has 0 saturated carbocycles. The molecule has 2 aromatic carbocycles. The van der Waals surface area contributed by atoms with Gasteiger partial charge in [0.05, 0.1) is 5.56 Å². The third-order valence-electron chi connectivity index (χ3n) is 2.92. The zero-order valence-electron chi connectivity index (χ0n) is 11.6. The maximum Gasteiger partial charge on any atom is 0.257 e. The number of para-hydroxylation sites is 1. The molecule has 20 heavy (non-hydrogen) atoms. The van der Waals surface area contributed by atoms with Gasteiger partial charge in [0.15, 0.2) is 0 Å². The number of amides is 1. The van der Waals surface area contributed by atoms with Gasteiger partial charge in [-0.2, -0.15) is 0 Å². The fraction of sp³-hybridized carbons (Fsp3) is 0.118. The summed E-state index contributed by atoms with van der Waals surface area (Å²) in [5.41, 5.74) is 2.93. The zero-order chi connectivity index (χ0) is 14.5. The van der Waals surface area contributed by atoms with Gasteiger partial charge in [0, 0.05) is 31.0 Å². The second-order valence-electron chi connectivity index (χ2n) is 4.59. The van der Waals surface area contributed by atoms with Crippen LogP contribution in [0.4, 0.5) is 11.4 Å². The van der Waals surface area contributed by atoms with Crippen LogP contribution in [0.5, 0.6) is 0 Å². The van der Waals surface area contributed by atoms with Crippen LogP contribution in [0, 0.1) is 12.3 Å². The summed E-state index contributed by atoms with van der Waals surface area (Å²) in [6, 6.07) is 14.7. The van der Waals surface area contributed by atoms with Crippen molar-refractivity contribution in [3.63, 3.8) is 0 Å². The number of nitrogens with one attached hydrogen (secondary N) is 1. The first-order valence-electron chi connectivity index (χ1n) is 6.26. The van der Waals surface area contributed by atoms with Crippen LogP contribution in [0.3, 0.4) is 0 Å². The first kappa shape index (κ1) is 13.7. The highest BCUT2D eigenvalue weighted by atomic mass is 16.1. The lowest BCUT2D eigenvalue weighted by molar-refractivity contribution is 0.102. The Morgan fingerprint density at radius 2 is 1.90 bits per heavy atom. The Morgan fingerprint density at radius 1 is 1.15 bits per heavy atom. The number of hydrogen-bond donors (Lipinski definition) is 1. The first-order chi connectivity index (χ1) is 9.61. The molecule has 0 unspecified atom stereocenters. The fourth-order valence-electron chi connectivity index (χ4n) is 1.94. The van der Waals surface area contributed by atoms with Crippen LogP contribution < -0.4 is 10.2 Å². The molecule has 0 atom stereocenters. The highest BCUT2D eigenvalue weighted by molar-refractivity contribution is 6.08. The predicted molar refractivity (Wildman–Crippen MR) is 83.1 cm³/mol. The van der Waals surface area contributed by atoms with Crippen molar-refractivity contribution in [2.45, 2.75) is 0 Å². The molecular formula is C17H16N2O. The van der Waals surface area contributed by atoms with Crippen molar-refractivity contribution in [3.8, 4) is 12.3 Å². The number of carbonyl (C=O) groups excluding carboxylic acids is 1. The van der Waals surface area contributed by atoms with E-state index in [1.165, 1.54) is 0 Å². The fourth-order valence-corrected chi connectivity index (χ4v) is 1.94. The minimum Gasteiger partial charge on any atom is -0.377 e. The largest absolute Gasteiger partial charge is 0.377 e. The number of anilines is 2. The molecule has 100 valence electrons. The van der Waals surface area contributed by atoms with E-state index in [4.69, 9.17) is 6.42 Å². The number of carbonyl (C=O) groups is 1. The molecule has 0 bridgehead atoms. The summed E-state index contributed by atoms with van der Waals surface area (Å²) in [7, 11) is 3.82. The predicted octanol–water partition coefficient (Wildman–Crippen LogP) is 2.99. The quantitative estimate of drug-likeness (QED) is 0.864. The summed E-state index contributed by atoms with van der Waals surface area (Å²) in [5, 5.41) is 2.87. The van der Waals surface area contributed by atoms with Gasteiger partial charge in [0.25, 0.3) is 5.91 Å². The third-order valence-corrected chi connectivity index (χ3v) is 2.92. The zero-order valence-corrected chi connectivity index (χ0v) is 11.6. The SMILES string of the molecule is C#Cc1cccc(NC(=O)c2ccccc2N(C)C)c1. The lowest BCUT2D eigenvalue weighted by Gasteiger charge is -2.17. The molecule has 0 heterocycles. The Labute approximate surface area is 119 Å². The van der Waals surface area contributed by atoms with Gasteiger partial charge >= 0.3 is 0 Å². The van der Waals surface area contributed by atoms with Gasteiger partial charge in [-0.25, -0.2) is 0 Å². The van der Waals surface area contributed by atoms with E-state index in [0.717, 1.165) is 11.3 Å². The molecule has 0 fully saturated rings. The molecule has 1 amide bonds. The van der Waals surface area contributed by atoms with Crippen molar-refractivity contribution in [1.82, 2.24) is 0 Å². The van der Waals surface area contributed by atoms with E-state index >= 15 is 0 Å². The van der Waals surface area contributed by atoms with Crippen LogP contribution in [-0.2, 0) is 0 Å². The second kappa shape index (κ2) is 5.94. The maximum absolute atomic E-state index is 12.3. The average Bonchev–Trinajstić information content (AvgIpc) is 2.47. The van der Waals surface area contributed by atoms with Crippen LogP contribution in [0.15, 0.2) is 48.5 Å². The van der Waals surface area contributed by atoms with Gasteiger partial charge in [-0.3, -0.25) is 4.79 Å². The molecule has 1 N–H and O–H groups in total. The molecule has 0 aliphatic heterocycles. The van der Waals surface area contributed by atoms with E-state index in [-0.39, 0.29) is 5.91 Å². The molecule has 3 nitrogen and oxygen atoms in total. The number of benzene rings is 2. The van der Waals surface area contributed by atoms with Gasteiger partial charge < -0.3 is 10.2 Å². The van der Waals surface area contributed by atoms with Crippen molar-refractivity contribution in [3.05, 3.63) is 59.7 Å². The molecule has 0 saturated heterocycles. The molecule has 0 aliphatic rings. The van der Waals surface area contributed by atoms with Gasteiger partial charge in [-0.15, -0.1) is 6.42 Å². The molecule has 0 radical (unpaired) electrons. The molecule has 0 aliphatic carbocycles. The summed E-state index contributed by atoms with van der Waals surface area (Å²) in [6.07, 6.45) is 5.36. The van der Waals surface area contributed by atoms with Crippen LogP contribution >= 0.6 is 0 Å². The monoisotopic (exact) mass is 264 g/mol. The van der Waals surface area contributed by atoms with E-state index < -0.39 is 0 Å². The Balaban J connectivity index is 2.27. The third kappa shape index (κ3) is 2.99. The van der Waals surface area contributed by atoms with Crippen LogP contribution in [0.2, 0.25) is 0 Å². The van der Waals surface area contributed by atoms with Crippen molar-refractivity contribution in [2.75, 3.05) is 24.3 Å². The molecule has 0 aromatic heterocycles. The van der Waals surface area contributed by atoms with E-state index in [1.54, 1.807) is 12.1 Å². The van der Waals surface area contributed by atoms with Crippen LogP contribution in [-0.4, -0.2) is 20.0 Å². The molecule has 2 aromatic rings. The number of hydrogen-bond acceptors (Lipinski definition) is 2.